The molecule has 2 aromatic carbocycles. The SMILES string of the molecule is COc1ccc(CC(OC(C)C)C(=O)O)cc1OCC#Cc1ccc(C)cc1. The maximum Gasteiger partial charge on any atom is 0.333 e. The second-order valence-electron chi connectivity index (χ2n) is 6.66. The summed E-state index contributed by atoms with van der Waals surface area (Å²) >= 11 is 0. The van der Waals surface area contributed by atoms with Crippen molar-refractivity contribution in [1.29, 1.82) is 0 Å². The van der Waals surface area contributed by atoms with Crippen molar-refractivity contribution in [3.63, 3.8) is 0 Å². The van der Waals surface area contributed by atoms with E-state index in [1.165, 1.54) is 5.56 Å². The first-order valence-electron chi connectivity index (χ1n) is 9.12. The molecule has 0 saturated heterocycles. The summed E-state index contributed by atoms with van der Waals surface area (Å²) in [5.74, 6) is 6.13. The first-order chi connectivity index (χ1) is 13.4. The van der Waals surface area contributed by atoms with Gasteiger partial charge in [-0.3, -0.25) is 0 Å². The molecule has 2 aromatic rings. The minimum Gasteiger partial charge on any atom is -0.493 e. The predicted molar refractivity (Wildman–Crippen MR) is 108 cm³/mol. The van der Waals surface area contributed by atoms with Gasteiger partial charge in [0.05, 0.1) is 13.2 Å². The molecule has 0 aliphatic carbocycles. The molecule has 2 rings (SSSR count). The summed E-state index contributed by atoms with van der Waals surface area (Å²) < 4.78 is 16.5. The lowest BCUT2D eigenvalue weighted by Crippen LogP contribution is -2.29. The molecule has 0 aliphatic rings. The monoisotopic (exact) mass is 382 g/mol. The first-order valence-corrected chi connectivity index (χ1v) is 9.12. The molecule has 0 aliphatic heterocycles. The van der Waals surface area contributed by atoms with E-state index >= 15 is 0 Å². The maximum absolute atomic E-state index is 11.4. The van der Waals surface area contributed by atoms with Gasteiger partial charge in [-0.1, -0.05) is 35.6 Å². The second kappa shape index (κ2) is 10.4. The van der Waals surface area contributed by atoms with Gasteiger partial charge in [0, 0.05) is 12.0 Å². The van der Waals surface area contributed by atoms with Crippen molar-refractivity contribution in [3.05, 3.63) is 59.2 Å². The highest BCUT2D eigenvalue weighted by molar-refractivity contribution is 5.72. The number of carbonyl (C=O) groups is 1. The van der Waals surface area contributed by atoms with Crippen LogP contribution in [0, 0.1) is 18.8 Å². The van der Waals surface area contributed by atoms with Crippen LogP contribution in [0.15, 0.2) is 42.5 Å². The third-order valence-electron chi connectivity index (χ3n) is 3.95. The number of ether oxygens (including phenoxy) is 3. The highest BCUT2D eigenvalue weighted by atomic mass is 16.5. The molecule has 0 heterocycles. The summed E-state index contributed by atoms with van der Waals surface area (Å²) in [5.41, 5.74) is 2.89. The Morgan fingerprint density at radius 2 is 1.82 bits per heavy atom. The number of rotatable bonds is 8. The fraction of sp³-hybridized carbons (Fsp3) is 0.348. The zero-order chi connectivity index (χ0) is 20.5. The number of hydrogen-bond acceptors (Lipinski definition) is 4. The lowest BCUT2D eigenvalue weighted by Gasteiger charge is -2.17. The Bertz CT molecular complexity index is 844. The fourth-order valence-electron chi connectivity index (χ4n) is 2.59. The van der Waals surface area contributed by atoms with Crippen LogP contribution in [0.2, 0.25) is 0 Å². The number of benzene rings is 2. The summed E-state index contributed by atoms with van der Waals surface area (Å²) in [7, 11) is 1.56. The standard InChI is InChI=1S/C23H26O5/c1-16(2)28-22(23(24)25)15-19-11-12-20(26-4)21(14-19)27-13-5-6-18-9-7-17(3)8-10-18/h7-12,14,16,22H,13,15H2,1-4H3,(H,24,25). The topological polar surface area (TPSA) is 65.0 Å². The summed E-state index contributed by atoms with van der Waals surface area (Å²) in [5, 5.41) is 9.35. The van der Waals surface area contributed by atoms with E-state index in [-0.39, 0.29) is 19.1 Å². The number of hydrogen-bond donors (Lipinski definition) is 1. The van der Waals surface area contributed by atoms with E-state index in [4.69, 9.17) is 14.2 Å². The van der Waals surface area contributed by atoms with Crippen LogP contribution in [0.25, 0.3) is 0 Å². The van der Waals surface area contributed by atoms with E-state index in [9.17, 15) is 9.90 Å². The van der Waals surface area contributed by atoms with Crippen molar-refractivity contribution in [3.8, 4) is 23.3 Å². The first kappa shape index (κ1) is 21.3. The summed E-state index contributed by atoms with van der Waals surface area (Å²) in [6.45, 7) is 5.84. The molecule has 0 saturated carbocycles. The van der Waals surface area contributed by atoms with E-state index in [1.807, 2.05) is 51.1 Å². The van der Waals surface area contributed by atoms with Crippen LogP contribution >= 0.6 is 0 Å². The molecule has 1 unspecified atom stereocenters. The lowest BCUT2D eigenvalue weighted by atomic mass is 10.1. The molecule has 0 spiro atoms. The van der Waals surface area contributed by atoms with Crippen molar-refractivity contribution in [2.45, 2.75) is 39.4 Å². The Labute approximate surface area is 166 Å². The molecule has 5 heteroatoms. The highest BCUT2D eigenvalue weighted by Gasteiger charge is 2.21. The Morgan fingerprint density at radius 1 is 1.11 bits per heavy atom. The average Bonchev–Trinajstić information content (AvgIpc) is 2.66. The number of carboxylic acid groups (broad SMARTS) is 1. The van der Waals surface area contributed by atoms with E-state index < -0.39 is 12.1 Å². The van der Waals surface area contributed by atoms with Crippen molar-refractivity contribution in [1.82, 2.24) is 0 Å². The van der Waals surface area contributed by atoms with E-state index in [0.29, 0.717) is 11.5 Å². The zero-order valence-electron chi connectivity index (χ0n) is 16.7. The molecular formula is C23H26O5. The van der Waals surface area contributed by atoms with Crippen LogP contribution in [0.3, 0.4) is 0 Å². The minimum atomic E-state index is -0.990. The largest absolute Gasteiger partial charge is 0.493 e. The molecule has 0 amide bonds. The van der Waals surface area contributed by atoms with Gasteiger partial charge < -0.3 is 19.3 Å². The maximum atomic E-state index is 11.4. The summed E-state index contributed by atoms with van der Waals surface area (Å²) in [4.78, 5) is 11.4. The molecular weight excluding hydrogens is 356 g/mol. The Morgan fingerprint density at radius 3 is 2.43 bits per heavy atom. The number of methoxy groups -OCH3 is 1. The van der Waals surface area contributed by atoms with Crippen LogP contribution in [-0.2, 0) is 16.0 Å². The Balaban J connectivity index is 2.07. The molecule has 0 aromatic heterocycles. The molecule has 0 bridgehead atoms. The van der Waals surface area contributed by atoms with Crippen molar-refractivity contribution in [2.24, 2.45) is 0 Å². The molecule has 1 atom stereocenters. The van der Waals surface area contributed by atoms with Gasteiger partial charge in [-0.2, -0.15) is 0 Å². The van der Waals surface area contributed by atoms with Crippen LogP contribution < -0.4 is 9.47 Å². The molecule has 1 N–H and O–H groups in total. The smallest absolute Gasteiger partial charge is 0.333 e. The Kier molecular flexibility index (Phi) is 7.91. The minimum absolute atomic E-state index is 0.174. The number of aryl methyl sites for hydroxylation is 1. The zero-order valence-corrected chi connectivity index (χ0v) is 16.7. The molecule has 0 radical (unpaired) electrons. The normalized spacial score (nSPS) is 11.5. The Hall–Kier alpha value is -2.97. The number of aliphatic carboxylic acids is 1. The van der Waals surface area contributed by atoms with Gasteiger partial charge in [-0.05, 0) is 50.6 Å². The van der Waals surface area contributed by atoms with Gasteiger partial charge in [0.25, 0.3) is 0 Å². The average molecular weight is 382 g/mol. The van der Waals surface area contributed by atoms with E-state index in [2.05, 4.69) is 11.8 Å². The summed E-state index contributed by atoms with van der Waals surface area (Å²) in [6.07, 6.45) is -0.849. The third-order valence-corrected chi connectivity index (χ3v) is 3.95. The van der Waals surface area contributed by atoms with E-state index in [0.717, 1.165) is 11.1 Å². The van der Waals surface area contributed by atoms with Crippen molar-refractivity contribution in [2.75, 3.05) is 13.7 Å². The fourth-order valence-corrected chi connectivity index (χ4v) is 2.59. The van der Waals surface area contributed by atoms with Gasteiger partial charge in [-0.15, -0.1) is 0 Å². The molecule has 0 fully saturated rings. The van der Waals surface area contributed by atoms with Gasteiger partial charge in [0.2, 0.25) is 0 Å². The van der Waals surface area contributed by atoms with E-state index in [1.54, 1.807) is 19.2 Å². The van der Waals surface area contributed by atoms with Crippen LogP contribution in [0.4, 0.5) is 0 Å². The van der Waals surface area contributed by atoms with Gasteiger partial charge in [0.15, 0.2) is 17.6 Å². The third kappa shape index (κ3) is 6.64. The van der Waals surface area contributed by atoms with Crippen molar-refractivity contribution >= 4 is 5.97 Å². The van der Waals surface area contributed by atoms with Gasteiger partial charge in [0.1, 0.15) is 6.61 Å². The quantitative estimate of drug-likeness (QED) is 0.703. The van der Waals surface area contributed by atoms with Gasteiger partial charge >= 0.3 is 5.97 Å². The molecule has 148 valence electrons. The number of carboxylic acids is 1. The van der Waals surface area contributed by atoms with Crippen LogP contribution in [0.1, 0.15) is 30.5 Å². The lowest BCUT2D eigenvalue weighted by molar-refractivity contribution is -0.153. The van der Waals surface area contributed by atoms with Gasteiger partial charge in [-0.25, -0.2) is 4.79 Å². The van der Waals surface area contributed by atoms with Crippen molar-refractivity contribution < 1.29 is 24.1 Å². The van der Waals surface area contributed by atoms with Crippen LogP contribution in [-0.4, -0.2) is 37.0 Å². The van der Waals surface area contributed by atoms with Crippen LogP contribution in [0.5, 0.6) is 11.5 Å². The molecule has 5 nitrogen and oxygen atoms in total. The predicted octanol–water partition coefficient (Wildman–Crippen LogP) is 3.85. The highest BCUT2D eigenvalue weighted by Crippen LogP contribution is 2.28. The summed E-state index contributed by atoms with van der Waals surface area (Å²) in [6, 6.07) is 13.3. The second-order valence-corrected chi connectivity index (χ2v) is 6.66. The molecule has 28 heavy (non-hydrogen) atoms.